The zero-order valence-corrected chi connectivity index (χ0v) is 15.7. The molecule has 0 saturated carbocycles. The van der Waals surface area contributed by atoms with Crippen molar-refractivity contribution in [3.63, 3.8) is 0 Å². The van der Waals surface area contributed by atoms with Crippen LogP contribution in [0.2, 0.25) is 0 Å². The van der Waals surface area contributed by atoms with Gasteiger partial charge in [-0.3, -0.25) is 14.6 Å². The molecule has 1 aromatic heterocycles. The summed E-state index contributed by atoms with van der Waals surface area (Å²) in [6.07, 6.45) is 5.72. The Bertz CT molecular complexity index is 509. The molecule has 0 aliphatic heterocycles. The number of rotatable bonds is 2. The van der Waals surface area contributed by atoms with Crippen LogP contribution in [-0.4, -0.2) is 16.6 Å². The molecule has 0 N–H and O–H groups in total. The Morgan fingerprint density at radius 2 is 1.40 bits per heavy atom. The fourth-order valence-corrected chi connectivity index (χ4v) is 1.02. The third-order valence-electron chi connectivity index (χ3n) is 1.62. The van der Waals surface area contributed by atoms with Crippen LogP contribution in [0.15, 0.2) is 53.5 Å². The maximum atomic E-state index is 9.98. The Morgan fingerprint density at radius 1 is 1.04 bits per heavy atom. The fraction of sp³-hybridized carbons (Fsp3) is 0.312. The van der Waals surface area contributed by atoms with Crippen molar-refractivity contribution >= 4 is 11.6 Å². The van der Waals surface area contributed by atoms with E-state index in [2.05, 4.69) is 4.98 Å². The van der Waals surface area contributed by atoms with Crippen LogP contribution in [0.4, 0.5) is 0 Å². The molecule has 0 aliphatic rings. The summed E-state index contributed by atoms with van der Waals surface area (Å²) in [6.45, 7) is 7.42. The molecule has 1 heterocycles. The van der Waals surface area contributed by atoms with Crippen molar-refractivity contribution in [2.75, 3.05) is 0 Å². The van der Waals surface area contributed by atoms with Gasteiger partial charge < -0.3 is 20.3 Å². The predicted molar refractivity (Wildman–Crippen MR) is 87.0 cm³/mol. The minimum Gasteiger partial charge on any atom is -0.876 e. The average molecular weight is 396 g/mol. The van der Waals surface area contributed by atoms with Crippen LogP contribution in [-0.2, 0) is 26.4 Å². The molecule has 0 aromatic carbocycles. The molecule has 0 atom stereocenters. The maximum absolute atomic E-state index is 9.98. The zero-order chi connectivity index (χ0) is 19.5. The summed E-state index contributed by atoms with van der Waals surface area (Å²) >= 11 is 0. The number of pyridine rings is 1. The normalized spacial score (nSPS) is 9.32. The molecule has 0 aliphatic carbocycles. The van der Waals surface area contributed by atoms with Crippen LogP contribution in [0.25, 0.3) is 0 Å². The van der Waals surface area contributed by atoms with Crippen molar-refractivity contribution in [1.29, 1.82) is 0 Å². The van der Waals surface area contributed by atoms with Gasteiger partial charge in [-0.15, -0.1) is 16.9 Å². The Kier molecular flexibility index (Phi) is 26.1. The molecule has 0 radical (unpaired) electrons. The molecular formula is C16H21CoN2O6. The number of hydrogen-bond acceptors (Lipinski definition) is 8. The second kappa shape index (κ2) is 21.5. The molecule has 1 aromatic rings. The van der Waals surface area contributed by atoms with Crippen LogP contribution in [0.3, 0.4) is 0 Å². The summed E-state index contributed by atoms with van der Waals surface area (Å²) in [5.41, 5.74) is 1.21. The summed E-state index contributed by atoms with van der Waals surface area (Å²) in [5, 5.41) is 29.0. The number of carbonyl (C=O) groups excluding carboxylic acids is 2. The number of ketones is 2. The van der Waals surface area contributed by atoms with Crippen LogP contribution >= 0.6 is 0 Å². The van der Waals surface area contributed by atoms with Crippen LogP contribution < -0.4 is 10.2 Å². The van der Waals surface area contributed by atoms with Crippen LogP contribution in [0.1, 0.15) is 33.3 Å². The monoisotopic (exact) mass is 396 g/mol. The first-order valence-corrected chi connectivity index (χ1v) is 6.60. The molecule has 140 valence electrons. The zero-order valence-electron chi connectivity index (χ0n) is 14.6. The van der Waals surface area contributed by atoms with Gasteiger partial charge in [0.15, 0.2) is 11.6 Å². The van der Waals surface area contributed by atoms with Crippen molar-refractivity contribution in [3.05, 3.63) is 63.9 Å². The van der Waals surface area contributed by atoms with Gasteiger partial charge in [0.1, 0.15) is 0 Å². The van der Waals surface area contributed by atoms with Crippen molar-refractivity contribution in [3.8, 4) is 0 Å². The molecule has 1 rings (SSSR count). The van der Waals surface area contributed by atoms with Crippen LogP contribution in [0.5, 0.6) is 0 Å². The summed E-state index contributed by atoms with van der Waals surface area (Å²) in [7, 11) is 0. The quantitative estimate of drug-likeness (QED) is 0.317. The standard InChI is InChI=1S/C6H7N.2C5H8O2.Co.HNO2/c1-6-3-2-4-7-5-6;2*1-4(6)3-5(2)7;;2-1-3/h2-5H,1H3;2*3,6H,1-2H3;;(H,2,3)/q;;;+3;/p-3/b;2*4-3-;;. The van der Waals surface area contributed by atoms with Crippen LogP contribution in [0, 0.1) is 17.0 Å². The molecular weight excluding hydrogens is 375 g/mol. The molecule has 25 heavy (non-hydrogen) atoms. The van der Waals surface area contributed by atoms with Gasteiger partial charge in [-0.05, 0) is 44.6 Å². The average Bonchev–Trinajstić information content (AvgIpc) is 2.38. The number of aryl methyl sites for hydroxylation is 1. The third-order valence-corrected chi connectivity index (χ3v) is 1.62. The van der Waals surface area contributed by atoms with Gasteiger partial charge in [0, 0.05) is 12.4 Å². The predicted octanol–water partition coefficient (Wildman–Crippen LogP) is 1.32. The van der Waals surface area contributed by atoms with E-state index in [1.165, 1.54) is 33.3 Å². The second-order valence-corrected chi connectivity index (χ2v) is 4.34. The van der Waals surface area contributed by atoms with Gasteiger partial charge in [0.2, 0.25) is 0 Å². The van der Waals surface area contributed by atoms with Gasteiger partial charge in [-0.2, -0.15) is 0 Å². The van der Waals surface area contributed by atoms with E-state index in [0.717, 1.165) is 17.5 Å². The van der Waals surface area contributed by atoms with Crippen molar-refractivity contribution in [2.45, 2.75) is 34.6 Å². The second-order valence-electron chi connectivity index (χ2n) is 4.34. The number of nitrogens with zero attached hydrogens (tertiary/aromatic N) is 2. The molecule has 0 spiro atoms. The summed E-state index contributed by atoms with van der Waals surface area (Å²) in [5.74, 6) is -0.750. The van der Waals surface area contributed by atoms with Crippen molar-refractivity contribution in [2.24, 2.45) is 5.34 Å². The maximum Gasteiger partial charge on any atom is 3.00 e. The third kappa shape index (κ3) is 44.9. The van der Waals surface area contributed by atoms with Crippen molar-refractivity contribution in [1.82, 2.24) is 4.98 Å². The van der Waals surface area contributed by atoms with Crippen molar-refractivity contribution < 1.29 is 36.6 Å². The Hall–Kier alpha value is -2.52. The van der Waals surface area contributed by atoms with E-state index in [1.807, 2.05) is 25.3 Å². The smallest absolute Gasteiger partial charge is 0.876 e. The van der Waals surface area contributed by atoms with E-state index in [1.54, 1.807) is 6.20 Å². The summed E-state index contributed by atoms with van der Waals surface area (Å²) < 4.78 is 0. The number of hydrogen-bond donors (Lipinski definition) is 0. The first-order valence-electron chi connectivity index (χ1n) is 6.60. The van der Waals surface area contributed by atoms with Gasteiger partial charge in [-0.25, -0.2) is 0 Å². The first-order chi connectivity index (χ1) is 11.1. The molecule has 0 bridgehead atoms. The molecule has 0 saturated heterocycles. The fourth-order valence-electron chi connectivity index (χ4n) is 1.02. The van der Waals surface area contributed by atoms with E-state index >= 15 is 0 Å². The number of carbonyl (C=O) groups is 2. The Labute approximate surface area is 157 Å². The van der Waals surface area contributed by atoms with Gasteiger partial charge >= 0.3 is 16.8 Å². The summed E-state index contributed by atoms with van der Waals surface area (Å²) in [6, 6.07) is 3.95. The van der Waals surface area contributed by atoms with Gasteiger partial charge in [0.25, 0.3) is 0 Å². The molecule has 0 unspecified atom stereocenters. The van der Waals surface area contributed by atoms with E-state index in [9.17, 15) is 19.8 Å². The minimum atomic E-state index is -0.187. The van der Waals surface area contributed by atoms with E-state index < -0.39 is 0 Å². The molecule has 8 nitrogen and oxygen atoms in total. The first kappa shape index (κ1) is 30.4. The number of aromatic nitrogens is 1. The number of allylic oxidation sites excluding steroid dienone is 4. The van der Waals surface area contributed by atoms with Gasteiger partial charge in [-0.1, -0.05) is 19.9 Å². The summed E-state index contributed by atoms with van der Waals surface area (Å²) in [4.78, 5) is 31.8. The topological polar surface area (TPSA) is 146 Å². The molecule has 0 fully saturated rings. The largest absolute Gasteiger partial charge is 3.00 e. The molecule has 0 amide bonds. The van der Waals surface area contributed by atoms with Gasteiger partial charge in [0.05, 0.1) is 0 Å². The molecule has 9 heteroatoms. The minimum absolute atomic E-state index is 0. The van der Waals surface area contributed by atoms with E-state index in [0.29, 0.717) is 0 Å². The Morgan fingerprint density at radius 3 is 1.48 bits per heavy atom. The SMILES string of the molecule is CC(=O)/C=C(/C)[O-].CC(=O)/C=C(/C)[O-].Cc1cccnc1.O=N[O-].[Co+3]. The van der Waals surface area contributed by atoms with E-state index in [4.69, 9.17) is 10.1 Å². The van der Waals surface area contributed by atoms with E-state index in [-0.39, 0.29) is 39.9 Å². The Balaban J connectivity index is -0.000000120.